The Morgan fingerprint density at radius 1 is 0.952 bits per heavy atom. The molecule has 0 aromatic heterocycles. The summed E-state index contributed by atoms with van der Waals surface area (Å²) in [5.41, 5.74) is 4.65. The molecular formula is C16H20N2O2S. The van der Waals surface area contributed by atoms with Gasteiger partial charge in [0.2, 0.25) is 10.0 Å². The van der Waals surface area contributed by atoms with Crippen LogP contribution in [0.2, 0.25) is 0 Å². The maximum absolute atomic E-state index is 11.3. The van der Waals surface area contributed by atoms with Crippen LogP contribution in [0.5, 0.6) is 0 Å². The summed E-state index contributed by atoms with van der Waals surface area (Å²) < 4.78 is 22.6. The van der Waals surface area contributed by atoms with Crippen LogP contribution in [0.3, 0.4) is 0 Å². The molecule has 0 bridgehead atoms. The van der Waals surface area contributed by atoms with Crippen molar-refractivity contribution in [2.75, 3.05) is 0 Å². The van der Waals surface area contributed by atoms with Crippen molar-refractivity contribution in [2.45, 2.75) is 31.8 Å². The maximum Gasteiger partial charge on any atom is 0.238 e. The summed E-state index contributed by atoms with van der Waals surface area (Å²) in [6.45, 7) is 5.51. The average molecular weight is 304 g/mol. The van der Waals surface area contributed by atoms with E-state index in [-0.39, 0.29) is 4.90 Å². The lowest BCUT2D eigenvalue weighted by atomic mass is 10.1. The highest BCUT2D eigenvalue weighted by Gasteiger charge is 2.07. The number of aryl methyl sites for hydroxylation is 2. The summed E-state index contributed by atoms with van der Waals surface area (Å²) in [6, 6.07) is 13.0. The third kappa shape index (κ3) is 4.39. The fourth-order valence-electron chi connectivity index (χ4n) is 2.10. The fourth-order valence-corrected chi connectivity index (χ4v) is 2.68. The molecular weight excluding hydrogens is 284 g/mol. The van der Waals surface area contributed by atoms with Crippen LogP contribution in [0.4, 0.5) is 0 Å². The van der Waals surface area contributed by atoms with Crippen LogP contribution in [0.25, 0.3) is 0 Å². The molecule has 0 radical (unpaired) electrons. The van der Waals surface area contributed by atoms with Gasteiger partial charge in [0.1, 0.15) is 0 Å². The second kappa shape index (κ2) is 6.39. The Hall–Kier alpha value is -1.69. The lowest BCUT2D eigenvalue weighted by Crippen LogP contribution is -2.15. The smallest absolute Gasteiger partial charge is 0.238 e. The zero-order valence-electron chi connectivity index (χ0n) is 12.3. The van der Waals surface area contributed by atoms with Gasteiger partial charge < -0.3 is 5.32 Å². The van der Waals surface area contributed by atoms with Crippen LogP contribution in [0.1, 0.15) is 22.3 Å². The van der Waals surface area contributed by atoms with E-state index in [9.17, 15) is 8.42 Å². The third-order valence-corrected chi connectivity index (χ3v) is 4.37. The number of nitrogens with two attached hydrogens (primary N) is 1. The van der Waals surface area contributed by atoms with Crippen molar-refractivity contribution < 1.29 is 8.42 Å². The van der Waals surface area contributed by atoms with Crippen LogP contribution in [-0.4, -0.2) is 8.42 Å². The van der Waals surface area contributed by atoms with Crippen molar-refractivity contribution in [3.05, 3.63) is 64.7 Å². The summed E-state index contributed by atoms with van der Waals surface area (Å²) in [5.74, 6) is 0. The van der Waals surface area contributed by atoms with Gasteiger partial charge in [0, 0.05) is 13.1 Å². The summed E-state index contributed by atoms with van der Waals surface area (Å²) >= 11 is 0. The van der Waals surface area contributed by atoms with Gasteiger partial charge in [0.15, 0.2) is 0 Å². The zero-order valence-corrected chi connectivity index (χ0v) is 13.1. The van der Waals surface area contributed by atoms with Crippen LogP contribution < -0.4 is 10.5 Å². The summed E-state index contributed by atoms with van der Waals surface area (Å²) in [5, 5.41) is 8.44. The van der Waals surface area contributed by atoms with Crippen LogP contribution in [0.15, 0.2) is 47.4 Å². The van der Waals surface area contributed by atoms with Gasteiger partial charge >= 0.3 is 0 Å². The van der Waals surface area contributed by atoms with Crippen LogP contribution in [-0.2, 0) is 23.1 Å². The van der Waals surface area contributed by atoms with Gasteiger partial charge in [-0.1, -0.05) is 30.3 Å². The monoisotopic (exact) mass is 304 g/mol. The van der Waals surface area contributed by atoms with Gasteiger partial charge in [-0.3, -0.25) is 0 Å². The zero-order chi connectivity index (χ0) is 15.5. The number of primary sulfonamides is 1. The molecule has 0 atom stereocenters. The highest BCUT2D eigenvalue weighted by molar-refractivity contribution is 7.89. The first-order valence-electron chi connectivity index (χ1n) is 6.75. The minimum atomic E-state index is -3.64. The lowest BCUT2D eigenvalue weighted by molar-refractivity contribution is 0.597. The number of benzene rings is 2. The standard InChI is InChI=1S/C16H20N2O2S/c1-12-6-7-15(8-13(12)2)11-18-10-14-4-3-5-16(9-14)21(17,19)20/h3-9,18H,10-11H2,1-2H3,(H2,17,19,20). The van der Waals surface area contributed by atoms with E-state index < -0.39 is 10.0 Å². The second-order valence-corrected chi connectivity index (χ2v) is 6.78. The van der Waals surface area contributed by atoms with E-state index in [1.807, 2.05) is 6.07 Å². The maximum atomic E-state index is 11.3. The molecule has 0 fully saturated rings. The van der Waals surface area contributed by atoms with E-state index in [1.165, 1.54) is 22.8 Å². The Labute approximate surface area is 126 Å². The molecule has 0 aliphatic rings. The van der Waals surface area contributed by atoms with E-state index in [1.54, 1.807) is 12.1 Å². The van der Waals surface area contributed by atoms with E-state index in [0.29, 0.717) is 6.54 Å². The quantitative estimate of drug-likeness (QED) is 0.890. The normalized spacial score (nSPS) is 11.6. The van der Waals surface area contributed by atoms with Gasteiger partial charge in [0.05, 0.1) is 4.90 Å². The molecule has 2 rings (SSSR count). The molecule has 0 spiro atoms. The average Bonchev–Trinajstić information content (AvgIpc) is 2.42. The summed E-state index contributed by atoms with van der Waals surface area (Å²) in [4.78, 5) is 0.146. The summed E-state index contributed by atoms with van der Waals surface area (Å²) in [7, 11) is -3.64. The Morgan fingerprint density at radius 3 is 2.24 bits per heavy atom. The number of hydrogen-bond donors (Lipinski definition) is 2. The van der Waals surface area contributed by atoms with Crippen molar-refractivity contribution in [1.82, 2.24) is 5.32 Å². The first-order chi connectivity index (χ1) is 9.86. The fraction of sp³-hybridized carbons (Fsp3) is 0.250. The van der Waals surface area contributed by atoms with Gasteiger partial charge in [-0.25, -0.2) is 13.6 Å². The second-order valence-electron chi connectivity index (χ2n) is 5.21. The molecule has 4 nitrogen and oxygen atoms in total. The largest absolute Gasteiger partial charge is 0.309 e. The van der Waals surface area contributed by atoms with Crippen molar-refractivity contribution in [3.8, 4) is 0 Å². The highest BCUT2D eigenvalue weighted by Crippen LogP contribution is 2.11. The highest BCUT2D eigenvalue weighted by atomic mass is 32.2. The Balaban J connectivity index is 1.99. The van der Waals surface area contributed by atoms with Crippen molar-refractivity contribution in [1.29, 1.82) is 0 Å². The lowest BCUT2D eigenvalue weighted by Gasteiger charge is -2.08. The molecule has 0 aliphatic heterocycles. The predicted octanol–water partition coefficient (Wildman–Crippen LogP) is 2.24. The molecule has 2 aromatic carbocycles. The SMILES string of the molecule is Cc1ccc(CNCc2cccc(S(N)(=O)=O)c2)cc1C. The molecule has 5 heteroatoms. The van der Waals surface area contributed by atoms with Gasteiger partial charge in [0.25, 0.3) is 0 Å². The predicted molar refractivity (Wildman–Crippen MR) is 84.3 cm³/mol. The molecule has 3 N–H and O–H groups in total. The van der Waals surface area contributed by atoms with Gasteiger partial charge in [-0.2, -0.15) is 0 Å². The minimum Gasteiger partial charge on any atom is -0.309 e. The van der Waals surface area contributed by atoms with Crippen LogP contribution in [0, 0.1) is 13.8 Å². The first kappa shape index (κ1) is 15.7. The number of sulfonamides is 1. The molecule has 21 heavy (non-hydrogen) atoms. The van der Waals surface area contributed by atoms with E-state index >= 15 is 0 Å². The van der Waals surface area contributed by atoms with Crippen LogP contribution >= 0.6 is 0 Å². The van der Waals surface area contributed by atoms with E-state index in [2.05, 4.69) is 37.4 Å². The number of hydrogen-bond acceptors (Lipinski definition) is 3. The number of nitrogens with one attached hydrogen (secondary N) is 1. The minimum absolute atomic E-state index is 0.146. The topological polar surface area (TPSA) is 72.2 Å². The first-order valence-corrected chi connectivity index (χ1v) is 8.29. The Morgan fingerprint density at radius 2 is 1.62 bits per heavy atom. The van der Waals surface area contributed by atoms with E-state index in [0.717, 1.165) is 12.1 Å². The number of rotatable bonds is 5. The molecule has 0 heterocycles. The van der Waals surface area contributed by atoms with Gasteiger partial charge in [-0.15, -0.1) is 0 Å². The van der Waals surface area contributed by atoms with Crippen molar-refractivity contribution in [2.24, 2.45) is 5.14 Å². The molecule has 0 unspecified atom stereocenters. The molecule has 0 amide bonds. The molecule has 0 aliphatic carbocycles. The van der Waals surface area contributed by atoms with Crippen molar-refractivity contribution in [3.63, 3.8) is 0 Å². The molecule has 0 saturated heterocycles. The Bertz CT molecular complexity index is 740. The van der Waals surface area contributed by atoms with Crippen molar-refractivity contribution >= 4 is 10.0 Å². The Kier molecular flexibility index (Phi) is 4.77. The molecule has 0 saturated carbocycles. The third-order valence-electron chi connectivity index (χ3n) is 3.46. The van der Waals surface area contributed by atoms with Gasteiger partial charge in [-0.05, 0) is 48.2 Å². The molecule has 2 aromatic rings. The summed E-state index contributed by atoms with van der Waals surface area (Å²) in [6.07, 6.45) is 0. The van der Waals surface area contributed by atoms with E-state index in [4.69, 9.17) is 5.14 Å². The molecule has 112 valence electrons.